The van der Waals surface area contributed by atoms with E-state index in [0.29, 0.717) is 0 Å². The summed E-state index contributed by atoms with van der Waals surface area (Å²) in [6.45, 7) is 0. The highest BCUT2D eigenvalue weighted by molar-refractivity contribution is 8.00. The van der Waals surface area contributed by atoms with E-state index in [2.05, 4.69) is 21.2 Å². The summed E-state index contributed by atoms with van der Waals surface area (Å²) in [7, 11) is 1.68. The standard InChI is InChI=1S/C12H11N3OS2/c1-16-9-5-10(17-2)18-11(9)12-14-7-3-4-13-6-8(7)15-12/h3-6H,1-2H3,(H,14,15). The van der Waals surface area contributed by atoms with Crippen LogP contribution >= 0.6 is 23.1 Å². The number of nitrogens with zero attached hydrogens (tertiary/aromatic N) is 2. The number of thiophene rings is 1. The average molecular weight is 277 g/mol. The van der Waals surface area contributed by atoms with Crippen molar-refractivity contribution in [3.05, 3.63) is 24.5 Å². The van der Waals surface area contributed by atoms with Crippen LogP contribution in [0.4, 0.5) is 0 Å². The highest BCUT2D eigenvalue weighted by Gasteiger charge is 2.15. The van der Waals surface area contributed by atoms with Gasteiger partial charge in [0.15, 0.2) is 5.82 Å². The van der Waals surface area contributed by atoms with Gasteiger partial charge in [-0.25, -0.2) is 4.98 Å². The van der Waals surface area contributed by atoms with Crippen LogP contribution in [0, 0.1) is 0 Å². The lowest BCUT2D eigenvalue weighted by atomic mass is 10.4. The molecule has 0 saturated heterocycles. The van der Waals surface area contributed by atoms with Gasteiger partial charge in [-0.05, 0) is 12.3 Å². The van der Waals surface area contributed by atoms with Crippen molar-refractivity contribution in [3.8, 4) is 16.5 Å². The van der Waals surface area contributed by atoms with Gasteiger partial charge in [-0.3, -0.25) is 4.98 Å². The summed E-state index contributed by atoms with van der Waals surface area (Å²) < 4.78 is 6.61. The van der Waals surface area contributed by atoms with Crippen LogP contribution in [-0.4, -0.2) is 28.3 Å². The SMILES string of the molecule is COc1cc(SC)sc1-c1nc2cnccc2[nH]1. The number of thioether (sulfide) groups is 1. The van der Waals surface area contributed by atoms with Gasteiger partial charge in [0.05, 0.1) is 23.0 Å². The number of hydrogen-bond acceptors (Lipinski definition) is 5. The molecular formula is C12H11N3OS2. The van der Waals surface area contributed by atoms with E-state index in [-0.39, 0.29) is 0 Å². The van der Waals surface area contributed by atoms with Gasteiger partial charge >= 0.3 is 0 Å². The van der Waals surface area contributed by atoms with E-state index >= 15 is 0 Å². The maximum absolute atomic E-state index is 5.40. The second-order valence-electron chi connectivity index (χ2n) is 3.65. The summed E-state index contributed by atoms with van der Waals surface area (Å²) >= 11 is 3.38. The molecule has 18 heavy (non-hydrogen) atoms. The van der Waals surface area contributed by atoms with Crippen molar-refractivity contribution in [2.45, 2.75) is 4.21 Å². The van der Waals surface area contributed by atoms with Crippen LogP contribution in [0.15, 0.2) is 28.7 Å². The summed E-state index contributed by atoms with van der Waals surface area (Å²) in [4.78, 5) is 12.9. The fourth-order valence-corrected chi connectivity index (χ4v) is 3.35. The third kappa shape index (κ3) is 1.87. The molecule has 0 radical (unpaired) electrons. The van der Waals surface area contributed by atoms with Crippen LogP contribution in [0.1, 0.15) is 0 Å². The Kier molecular flexibility index (Phi) is 2.97. The number of imidazole rings is 1. The van der Waals surface area contributed by atoms with Crippen molar-refractivity contribution in [2.75, 3.05) is 13.4 Å². The molecule has 0 aliphatic heterocycles. The monoisotopic (exact) mass is 277 g/mol. The van der Waals surface area contributed by atoms with Crippen molar-refractivity contribution < 1.29 is 4.74 Å². The van der Waals surface area contributed by atoms with Gasteiger partial charge in [-0.1, -0.05) is 0 Å². The first-order valence-corrected chi connectivity index (χ1v) is 7.38. The number of pyridine rings is 1. The Hall–Kier alpha value is -1.53. The number of hydrogen-bond donors (Lipinski definition) is 1. The molecular weight excluding hydrogens is 266 g/mol. The van der Waals surface area contributed by atoms with E-state index in [1.165, 1.54) is 4.21 Å². The van der Waals surface area contributed by atoms with Crippen molar-refractivity contribution in [2.24, 2.45) is 0 Å². The highest BCUT2D eigenvalue weighted by Crippen LogP contribution is 2.40. The number of ether oxygens (including phenoxy) is 1. The summed E-state index contributed by atoms with van der Waals surface area (Å²) in [6, 6.07) is 3.96. The number of methoxy groups -OCH3 is 1. The largest absolute Gasteiger partial charge is 0.495 e. The third-order valence-electron chi connectivity index (χ3n) is 2.60. The van der Waals surface area contributed by atoms with Gasteiger partial charge in [-0.2, -0.15) is 0 Å². The molecule has 1 N–H and O–H groups in total. The van der Waals surface area contributed by atoms with E-state index in [1.54, 1.807) is 42.6 Å². The fourth-order valence-electron chi connectivity index (χ4n) is 1.73. The summed E-state index contributed by atoms with van der Waals surface area (Å²) in [5.74, 6) is 1.69. The Morgan fingerprint density at radius 2 is 2.33 bits per heavy atom. The minimum Gasteiger partial charge on any atom is -0.495 e. The molecule has 0 fully saturated rings. The molecule has 3 aromatic rings. The number of aromatic amines is 1. The molecule has 0 spiro atoms. The molecule has 0 amide bonds. The Morgan fingerprint density at radius 3 is 3.06 bits per heavy atom. The number of H-pyrrole nitrogens is 1. The molecule has 3 heterocycles. The molecule has 0 aliphatic carbocycles. The average Bonchev–Trinajstić information content (AvgIpc) is 3.01. The van der Waals surface area contributed by atoms with Crippen LogP contribution in [0.3, 0.4) is 0 Å². The lowest BCUT2D eigenvalue weighted by molar-refractivity contribution is 0.417. The molecule has 3 rings (SSSR count). The molecule has 4 nitrogen and oxygen atoms in total. The van der Waals surface area contributed by atoms with Gasteiger partial charge in [0.1, 0.15) is 16.1 Å². The summed E-state index contributed by atoms with van der Waals surface area (Å²) in [6.07, 6.45) is 5.56. The summed E-state index contributed by atoms with van der Waals surface area (Å²) in [5.41, 5.74) is 1.86. The zero-order valence-corrected chi connectivity index (χ0v) is 11.6. The van der Waals surface area contributed by atoms with E-state index in [4.69, 9.17) is 4.74 Å². The molecule has 0 saturated carbocycles. The van der Waals surface area contributed by atoms with Gasteiger partial charge in [0.25, 0.3) is 0 Å². The van der Waals surface area contributed by atoms with Crippen LogP contribution in [-0.2, 0) is 0 Å². The normalized spacial score (nSPS) is 11.0. The second kappa shape index (κ2) is 4.62. The van der Waals surface area contributed by atoms with E-state index in [9.17, 15) is 0 Å². The zero-order valence-electron chi connectivity index (χ0n) is 9.93. The summed E-state index contributed by atoms with van der Waals surface area (Å²) in [5, 5.41) is 0. The topological polar surface area (TPSA) is 50.8 Å². The van der Waals surface area contributed by atoms with Gasteiger partial charge in [0, 0.05) is 12.3 Å². The second-order valence-corrected chi connectivity index (χ2v) is 5.80. The minimum absolute atomic E-state index is 0.833. The minimum atomic E-state index is 0.833. The fraction of sp³-hybridized carbons (Fsp3) is 0.167. The third-order valence-corrected chi connectivity index (χ3v) is 4.78. The first-order chi connectivity index (χ1) is 8.81. The van der Waals surface area contributed by atoms with E-state index in [1.807, 2.05) is 12.1 Å². The van der Waals surface area contributed by atoms with Crippen LogP contribution in [0.2, 0.25) is 0 Å². The maximum Gasteiger partial charge on any atom is 0.152 e. The quantitative estimate of drug-likeness (QED) is 0.745. The molecule has 0 aromatic carbocycles. The molecule has 3 aromatic heterocycles. The van der Waals surface area contributed by atoms with Gasteiger partial charge in [0.2, 0.25) is 0 Å². The van der Waals surface area contributed by atoms with Gasteiger partial charge in [-0.15, -0.1) is 23.1 Å². The van der Waals surface area contributed by atoms with Crippen molar-refractivity contribution in [1.29, 1.82) is 0 Å². The Morgan fingerprint density at radius 1 is 1.44 bits per heavy atom. The number of aromatic nitrogens is 3. The van der Waals surface area contributed by atoms with Crippen molar-refractivity contribution >= 4 is 34.1 Å². The lowest BCUT2D eigenvalue weighted by Crippen LogP contribution is -1.83. The maximum atomic E-state index is 5.40. The first-order valence-electron chi connectivity index (χ1n) is 5.33. The number of nitrogens with one attached hydrogen (secondary N) is 1. The Balaban J connectivity index is 2.15. The molecule has 0 atom stereocenters. The molecule has 92 valence electrons. The first kappa shape index (κ1) is 11.6. The molecule has 0 bridgehead atoms. The molecule has 0 unspecified atom stereocenters. The Bertz CT molecular complexity index is 657. The van der Waals surface area contributed by atoms with Crippen LogP contribution < -0.4 is 4.74 Å². The van der Waals surface area contributed by atoms with E-state index < -0.39 is 0 Å². The van der Waals surface area contributed by atoms with Crippen LogP contribution in [0.5, 0.6) is 5.75 Å². The number of fused-ring (bicyclic) bond motifs is 1. The molecule has 0 aliphatic rings. The predicted octanol–water partition coefficient (Wildman–Crippen LogP) is 3.42. The smallest absolute Gasteiger partial charge is 0.152 e. The predicted molar refractivity (Wildman–Crippen MR) is 75.5 cm³/mol. The van der Waals surface area contributed by atoms with Crippen molar-refractivity contribution in [1.82, 2.24) is 15.0 Å². The lowest BCUT2D eigenvalue weighted by Gasteiger charge is -1.97. The van der Waals surface area contributed by atoms with Gasteiger partial charge < -0.3 is 9.72 Å². The van der Waals surface area contributed by atoms with E-state index in [0.717, 1.165) is 27.5 Å². The Labute approximate surface area is 112 Å². The molecule has 6 heteroatoms. The van der Waals surface area contributed by atoms with Crippen molar-refractivity contribution in [3.63, 3.8) is 0 Å². The van der Waals surface area contributed by atoms with Crippen LogP contribution in [0.25, 0.3) is 21.7 Å². The number of rotatable bonds is 3. The zero-order chi connectivity index (χ0) is 12.5. The highest BCUT2D eigenvalue weighted by atomic mass is 32.2.